The summed E-state index contributed by atoms with van der Waals surface area (Å²) < 4.78 is 10.2. The molecule has 1 fully saturated rings. The third kappa shape index (κ3) is 6.75. The number of methoxy groups -OCH3 is 1. The zero-order valence-electron chi connectivity index (χ0n) is 16.6. The van der Waals surface area contributed by atoms with Crippen LogP contribution in [0.3, 0.4) is 0 Å². The van der Waals surface area contributed by atoms with Crippen LogP contribution >= 0.6 is 11.3 Å². The van der Waals surface area contributed by atoms with E-state index >= 15 is 0 Å². The summed E-state index contributed by atoms with van der Waals surface area (Å²) in [6, 6.07) is -0.985. The maximum atomic E-state index is 12.5. The lowest BCUT2D eigenvalue weighted by molar-refractivity contribution is -0.143. The molecule has 8 nitrogen and oxygen atoms in total. The maximum Gasteiger partial charge on any atom is 0.328 e. The molecule has 0 spiro atoms. The van der Waals surface area contributed by atoms with E-state index in [9.17, 15) is 9.59 Å². The Labute approximate surface area is 164 Å². The van der Waals surface area contributed by atoms with E-state index in [-0.39, 0.29) is 6.03 Å². The molecule has 1 aromatic rings. The van der Waals surface area contributed by atoms with E-state index in [2.05, 4.69) is 29.0 Å². The molecule has 1 aliphatic heterocycles. The number of esters is 1. The summed E-state index contributed by atoms with van der Waals surface area (Å²) in [5.41, 5.74) is 0.851. The van der Waals surface area contributed by atoms with Gasteiger partial charge < -0.3 is 19.7 Å². The van der Waals surface area contributed by atoms with Crippen molar-refractivity contribution in [3.8, 4) is 0 Å². The summed E-state index contributed by atoms with van der Waals surface area (Å²) >= 11 is 1.60. The molecule has 0 aliphatic carbocycles. The van der Waals surface area contributed by atoms with Gasteiger partial charge in [0, 0.05) is 38.0 Å². The van der Waals surface area contributed by atoms with Crippen molar-refractivity contribution >= 4 is 23.3 Å². The summed E-state index contributed by atoms with van der Waals surface area (Å²) in [6.07, 6.45) is 0.500. The van der Waals surface area contributed by atoms with Crippen molar-refractivity contribution in [1.29, 1.82) is 0 Å². The van der Waals surface area contributed by atoms with Crippen LogP contribution in [0.1, 0.15) is 36.9 Å². The minimum Gasteiger partial charge on any atom is -0.467 e. The van der Waals surface area contributed by atoms with Crippen molar-refractivity contribution in [3.05, 3.63) is 16.1 Å². The van der Waals surface area contributed by atoms with Gasteiger partial charge in [0.1, 0.15) is 6.04 Å². The van der Waals surface area contributed by atoms with Crippen molar-refractivity contribution in [2.45, 2.75) is 38.8 Å². The number of urea groups is 1. The van der Waals surface area contributed by atoms with Crippen LogP contribution in [0.25, 0.3) is 0 Å². The number of aromatic nitrogens is 1. The molecule has 1 saturated heterocycles. The second-order valence-electron chi connectivity index (χ2n) is 6.96. The molecule has 0 saturated carbocycles. The van der Waals surface area contributed by atoms with Gasteiger partial charge in [0.05, 0.1) is 37.6 Å². The molecule has 2 amide bonds. The van der Waals surface area contributed by atoms with Gasteiger partial charge in [-0.2, -0.15) is 0 Å². The lowest BCUT2D eigenvalue weighted by atomic mass is 10.2. The molecule has 1 unspecified atom stereocenters. The summed E-state index contributed by atoms with van der Waals surface area (Å²) in [5.74, 6) is -0.0625. The predicted octanol–water partition coefficient (Wildman–Crippen LogP) is 1.67. The molecule has 2 rings (SSSR count). The van der Waals surface area contributed by atoms with E-state index in [1.54, 1.807) is 18.4 Å². The molecule has 1 aromatic heterocycles. The van der Waals surface area contributed by atoms with Crippen LogP contribution in [0.2, 0.25) is 0 Å². The number of morpholine rings is 1. The second-order valence-corrected chi connectivity index (χ2v) is 7.85. The van der Waals surface area contributed by atoms with Crippen LogP contribution in [0.5, 0.6) is 0 Å². The third-order valence-corrected chi connectivity index (χ3v) is 5.62. The lowest BCUT2D eigenvalue weighted by Crippen LogP contribution is -2.48. The van der Waals surface area contributed by atoms with Crippen LogP contribution in [0, 0.1) is 0 Å². The highest BCUT2D eigenvalue weighted by Crippen LogP contribution is 2.19. The van der Waals surface area contributed by atoms with Gasteiger partial charge in [-0.25, -0.2) is 14.6 Å². The first-order chi connectivity index (χ1) is 12.9. The van der Waals surface area contributed by atoms with Gasteiger partial charge in [0.25, 0.3) is 0 Å². The van der Waals surface area contributed by atoms with Gasteiger partial charge in [-0.1, -0.05) is 13.8 Å². The largest absolute Gasteiger partial charge is 0.467 e. The van der Waals surface area contributed by atoms with Crippen LogP contribution in [0.4, 0.5) is 4.79 Å². The first-order valence-corrected chi connectivity index (χ1v) is 10.1. The fourth-order valence-corrected chi connectivity index (χ4v) is 3.59. The van der Waals surface area contributed by atoms with E-state index < -0.39 is 12.0 Å². The smallest absolute Gasteiger partial charge is 0.328 e. The van der Waals surface area contributed by atoms with Gasteiger partial charge in [-0.15, -0.1) is 11.3 Å². The zero-order valence-corrected chi connectivity index (χ0v) is 17.4. The molecule has 1 atom stereocenters. The Morgan fingerprint density at radius 1 is 1.41 bits per heavy atom. The molecular formula is C18H30N4O4S. The van der Waals surface area contributed by atoms with Crippen molar-refractivity contribution in [2.24, 2.45) is 0 Å². The summed E-state index contributed by atoms with van der Waals surface area (Å²) in [4.78, 5) is 32.9. The molecular weight excluding hydrogens is 368 g/mol. The number of nitrogens with zero attached hydrogens (tertiary/aromatic N) is 3. The molecule has 9 heteroatoms. The number of ether oxygens (including phenoxy) is 2. The van der Waals surface area contributed by atoms with Gasteiger partial charge in [-0.05, 0) is 6.42 Å². The number of carbonyl (C=O) groups excluding carboxylic acids is 2. The SMILES string of the molecule is COC(=O)C(CCN1CCOCC1)NC(=O)N(C)Cc1csc(C(C)C)n1. The van der Waals surface area contributed by atoms with Crippen LogP contribution < -0.4 is 5.32 Å². The maximum absolute atomic E-state index is 12.5. The fraction of sp³-hybridized carbons (Fsp3) is 0.722. The molecule has 0 bridgehead atoms. The number of nitrogens with one attached hydrogen (secondary N) is 1. The number of rotatable bonds is 8. The molecule has 27 heavy (non-hydrogen) atoms. The van der Waals surface area contributed by atoms with Crippen LogP contribution in [-0.4, -0.2) is 79.8 Å². The normalized spacial score (nSPS) is 16.2. The quantitative estimate of drug-likeness (QED) is 0.671. The molecule has 2 heterocycles. The lowest BCUT2D eigenvalue weighted by Gasteiger charge is -2.28. The summed E-state index contributed by atoms with van der Waals surface area (Å²) in [7, 11) is 3.03. The molecule has 0 radical (unpaired) electrons. The van der Waals surface area contributed by atoms with E-state index in [0.717, 1.165) is 23.8 Å². The highest BCUT2D eigenvalue weighted by Gasteiger charge is 2.24. The highest BCUT2D eigenvalue weighted by molar-refractivity contribution is 7.09. The fourth-order valence-electron chi connectivity index (χ4n) is 2.76. The minimum atomic E-state index is -0.672. The Morgan fingerprint density at radius 3 is 2.70 bits per heavy atom. The van der Waals surface area contributed by atoms with E-state index in [0.29, 0.717) is 38.6 Å². The number of hydrogen-bond donors (Lipinski definition) is 1. The Bertz CT molecular complexity index is 616. The highest BCUT2D eigenvalue weighted by atomic mass is 32.1. The minimum absolute atomic E-state index is 0.313. The van der Waals surface area contributed by atoms with E-state index in [1.165, 1.54) is 12.0 Å². The van der Waals surface area contributed by atoms with E-state index in [1.807, 2.05) is 5.38 Å². The van der Waals surface area contributed by atoms with Crippen molar-refractivity contribution < 1.29 is 19.1 Å². The molecule has 152 valence electrons. The van der Waals surface area contributed by atoms with Crippen molar-refractivity contribution in [1.82, 2.24) is 20.1 Å². The molecule has 1 N–H and O–H groups in total. The van der Waals surface area contributed by atoms with Crippen LogP contribution in [-0.2, 0) is 20.8 Å². The predicted molar refractivity (Wildman–Crippen MR) is 104 cm³/mol. The standard InChI is InChI=1S/C18H30N4O4S/c1-13(2)16-19-14(12-27-16)11-21(3)18(24)20-15(17(23)25-4)5-6-22-7-9-26-10-8-22/h12-13,15H,5-11H2,1-4H3,(H,20,24). The Hall–Kier alpha value is -1.71. The Kier molecular flexibility index (Phi) is 8.46. The third-order valence-electron chi connectivity index (χ3n) is 4.43. The average molecular weight is 399 g/mol. The van der Waals surface area contributed by atoms with Crippen molar-refractivity contribution in [3.63, 3.8) is 0 Å². The first kappa shape index (κ1) is 21.6. The van der Waals surface area contributed by atoms with Crippen LogP contribution in [0.15, 0.2) is 5.38 Å². The topological polar surface area (TPSA) is 84.0 Å². The Morgan fingerprint density at radius 2 is 2.11 bits per heavy atom. The first-order valence-electron chi connectivity index (χ1n) is 9.24. The second kappa shape index (κ2) is 10.6. The molecule has 0 aromatic carbocycles. The zero-order chi connectivity index (χ0) is 19.8. The summed E-state index contributed by atoms with van der Waals surface area (Å²) in [6.45, 7) is 8.35. The number of thiazole rings is 1. The van der Waals surface area contributed by atoms with Gasteiger partial charge in [0.2, 0.25) is 0 Å². The van der Waals surface area contributed by atoms with Gasteiger partial charge >= 0.3 is 12.0 Å². The van der Waals surface area contributed by atoms with E-state index in [4.69, 9.17) is 9.47 Å². The number of hydrogen-bond acceptors (Lipinski definition) is 7. The Balaban J connectivity index is 1.87. The average Bonchev–Trinajstić information content (AvgIpc) is 3.13. The number of carbonyl (C=O) groups is 2. The number of amides is 2. The monoisotopic (exact) mass is 398 g/mol. The van der Waals surface area contributed by atoms with Gasteiger partial charge in [0.15, 0.2) is 0 Å². The van der Waals surface area contributed by atoms with Gasteiger partial charge in [-0.3, -0.25) is 4.90 Å². The molecule has 1 aliphatic rings. The van der Waals surface area contributed by atoms with Crippen molar-refractivity contribution in [2.75, 3.05) is 47.0 Å². The summed E-state index contributed by atoms with van der Waals surface area (Å²) in [5, 5.41) is 5.81.